The first kappa shape index (κ1) is 27.7. The summed E-state index contributed by atoms with van der Waals surface area (Å²) in [5.41, 5.74) is 0. The maximum Gasteiger partial charge on any atom is 0.373 e. The molecule has 1 aliphatic heterocycles. The zero-order valence-electron chi connectivity index (χ0n) is 15.2. The molecule has 10 nitrogen and oxygen atoms in total. The number of rotatable bonds is 4. The molecule has 0 aromatic rings. The van der Waals surface area contributed by atoms with E-state index in [1.165, 1.54) is 0 Å². The number of carbonyl (C=O) groups is 2. The fraction of sp³-hybridized carbons (Fsp3) is 0.800. The van der Waals surface area contributed by atoms with Gasteiger partial charge in [0.2, 0.25) is 0 Å². The second-order valence-electron chi connectivity index (χ2n) is 6.03. The number of carboxylic acids is 2. The van der Waals surface area contributed by atoms with Gasteiger partial charge in [-0.2, -0.15) is 9.59 Å². The Bertz CT molecular complexity index is 398. The summed E-state index contributed by atoms with van der Waals surface area (Å²) in [5.74, 6) is -1.60. The van der Waals surface area contributed by atoms with Crippen LogP contribution in [0.3, 0.4) is 0 Å². The Morgan fingerprint density at radius 1 is 0.731 bits per heavy atom. The third-order valence-corrected chi connectivity index (χ3v) is 3.91. The van der Waals surface area contributed by atoms with Crippen molar-refractivity contribution in [1.29, 1.82) is 0 Å². The molecular formula is C15H28GdN4O6. The minimum absolute atomic E-state index is 0. The molecule has 1 fully saturated rings. The van der Waals surface area contributed by atoms with Gasteiger partial charge in [0.15, 0.2) is 0 Å². The van der Waals surface area contributed by atoms with Gasteiger partial charge in [-0.3, -0.25) is 19.4 Å². The van der Waals surface area contributed by atoms with E-state index >= 15 is 0 Å². The number of hydrogen-bond acceptors (Lipinski definition) is 8. The van der Waals surface area contributed by atoms with Gasteiger partial charge in [0, 0.05) is 92.3 Å². The van der Waals surface area contributed by atoms with E-state index in [1.54, 1.807) is 0 Å². The van der Waals surface area contributed by atoms with Crippen LogP contribution in [0.15, 0.2) is 0 Å². The third-order valence-electron chi connectivity index (χ3n) is 3.91. The summed E-state index contributed by atoms with van der Waals surface area (Å²) in [5, 5.41) is 17.9. The van der Waals surface area contributed by atoms with Crippen molar-refractivity contribution in [1.82, 2.24) is 19.6 Å². The van der Waals surface area contributed by atoms with E-state index in [0.29, 0.717) is 26.2 Å². The van der Waals surface area contributed by atoms with Crippen molar-refractivity contribution in [2.24, 2.45) is 0 Å². The minimum Gasteiger partial charge on any atom is -0.480 e. The smallest absolute Gasteiger partial charge is 0.373 e. The molecule has 0 bridgehead atoms. The van der Waals surface area contributed by atoms with Crippen LogP contribution in [0.5, 0.6) is 0 Å². The average Bonchev–Trinajstić information content (AvgIpc) is 2.51. The number of carboxylic acid groups (broad SMARTS) is 2. The molecule has 0 atom stereocenters. The number of nitrogens with zero attached hydrogens (tertiary/aromatic N) is 4. The molecule has 0 unspecified atom stereocenters. The predicted molar refractivity (Wildman–Crippen MR) is 88.2 cm³/mol. The fourth-order valence-electron chi connectivity index (χ4n) is 2.39. The van der Waals surface area contributed by atoms with Gasteiger partial charge in [0.1, 0.15) is 0 Å². The predicted octanol–water partition coefficient (Wildman–Crippen LogP) is -1.95. The molecule has 0 saturated carbocycles. The second-order valence-corrected chi connectivity index (χ2v) is 6.03. The Morgan fingerprint density at radius 3 is 1.15 bits per heavy atom. The Balaban J connectivity index is 0. The van der Waals surface area contributed by atoms with Gasteiger partial charge in [-0.15, -0.1) is 0 Å². The van der Waals surface area contributed by atoms with E-state index < -0.39 is 11.9 Å². The van der Waals surface area contributed by atoms with Crippen molar-refractivity contribution in [3.8, 4) is 0 Å². The second kappa shape index (κ2) is 16.6. The van der Waals surface area contributed by atoms with Crippen LogP contribution >= 0.6 is 0 Å². The topological polar surface area (TPSA) is 122 Å². The molecule has 0 radical (unpaired) electrons. The monoisotopic (exact) mass is 518 g/mol. The van der Waals surface area contributed by atoms with Crippen LogP contribution in [0.1, 0.15) is 0 Å². The molecular weight excluding hydrogens is 489 g/mol. The molecule has 1 heterocycles. The van der Waals surface area contributed by atoms with Gasteiger partial charge in [-0.1, -0.05) is 0 Å². The molecule has 0 aliphatic carbocycles. The quantitative estimate of drug-likeness (QED) is 0.435. The molecule has 0 spiro atoms. The zero-order valence-corrected chi connectivity index (χ0v) is 17.5. The van der Waals surface area contributed by atoms with Crippen molar-refractivity contribution in [2.75, 3.05) is 79.5 Å². The van der Waals surface area contributed by atoms with Crippen LogP contribution in [0.4, 0.5) is 0 Å². The first-order chi connectivity index (χ1) is 11.8. The van der Waals surface area contributed by atoms with Gasteiger partial charge in [-0.05, 0) is 14.1 Å². The Kier molecular flexibility index (Phi) is 17.7. The average molecular weight is 518 g/mol. The van der Waals surface area contributed by atoms with Crippen molar-refractivity contribution < 1.29 is 69.3 Å². The first-order valence-corrected chi connectivity index (χ1v) is 8.03. The molecule has 1 rings (SSSR count). The summed E-state index contributed by atoms with van der Waals surface area (Å²) in [6.07, 6.45) is 0.250. The fourth-order valence-corrected chi connectivity index (χ4v) is 2.39. The number of carbonyl (C=O) groups excluding carboxylic acids is 2. The van der Waals surface area contributed by atoms with E-state index in [9.17, 15) is 9.59 Å². The van der Waals surface area contributed by atoms with E-state index in [-0.39, 0.29) is 59.2 Å². The van der Waals surface area contributed by atoms with E-state index in [0.717, 1.165) is 26.2 Å². The number of likely N-dealkylation sites (N-methyl/N-ethyl adjacent to an activating group) is 2. The van der Waals surface area contributed by atoms with Crippen molar-refractivity contribution in [3.63, 3.8) is 0 Å². The Hall–Kier alpha value is -0.515. The SMILES string of the molecule is CN1CCN(CC(=O)O)CCN(C)CCN(CC(=O)O)CC1.O=C=O.[Gd]. The summed E-state index contributed by atoms with van der Waals surface area (Å²) in [4.78, 5) is 46.2. The molecule has 26 heavy (non-hydrogen) atoms. The molecule has 2 N–H and O–H groups in total. The maximum absolute atomic E-state index is 10.9. The van der Waals surface area contributed by atoms with Gasteiger partial charge in [0.05, 0.1) is 13.1 Å². The summed E-state index contributed by atoms with van der Waals surface area (Å²) in [6.45, 7) is 6.04. The van der Waals surface area contributed by atoms with Crippen LogP contribution < -0.4 is 0 Å². The summed E-state index contributed by atoms with van der Waals surface area (Å²) in [6, 6.07) is 0. The molecule has 1 aliphatic rings. The molecule has 0 aromatic carbocycles. The van der Waals surface area contributed by atoms with Gasteiger partial charge in [0.25, 0.3) is 0 Å². The Morgan fingerprint density at radius 2 is 0.962 bits per heavy atom. The van der Waals surface area contributed by atoms with Crippen LogP contribution in [0.25, 0.3) is 0 Å². The number of hydrogen-bond donors (Lipinski definition) is 2. The zero-order chi connectivity index (χ0) is 19.2. The van der Waals surface area contributed by atoms with Gasteiger partial charge < -0.3 is 20.0 Å². The van der Waals surface area contributed by atoms with Crippen LogP contribution in [-0.2, 0) is 19.2 Å². The van der Waals surface area contributed by atoms with E-state index in [1.807, 2.05) is 23.9 Å². The van der Waals surface area contributed by atoms with Gasteiger partial charge in [-0.25, -0.2) is 0 Å². The standard InChI is InChI=1S/C14H28N4O4.CO2.Gd/c1-15-3-7-17(11-13(19)20)9-5-16(2)6-10-18(8-4-15)12-14(21)22;2-1-3;/h3-12H2,1-2H3,(H,19,20)(H,21,22);;. The summed E-state index contributed by atoms with van der Waals surface area (Å²) in [7, 11) is 3.96. The molecule has 11 heteroatoms. The molecule has 0 aromatic heterocycles. The van der Waals surface area contributed by atoms with E-state index in [4.69, 9.17) is 19.8 Å². The van der Waals surface area contributed by atoms with Crippen molar-refractivity contribution in [2.45, 2.75) is 0 Å². The van der Waals surface area contributed by atoms with Crippen LogP contribution in [0, 0.1) is 39.9 Å². The van der Waals surface area contributed by atoms with Crippen molar-refractivity contribution >= 4 is 18.1 Å². The normalized spacial score (nSPS) is 18.8. The molecule has 0 amide bonds. The van der Waals surface area contributed by atoms with Crippen LogP contribution in [-0.4, -0.2) is 127 Å². The molecule has 152 valence electrons. The van der Waals surface area contributed by atoms with Gasteiger partial charge >= 0.3 is 18.1 Å². The maximum atomic E-state index is 10.9. The number of aliphatic carboxylic acids is 2. The summed E-state index contributed by atoms with van der Waals surface area (Å²) < 4.78 is 0. The van der Waals surface area contributed by atoms with Crippen LogP contribution in [0.2, 0.25) is 0 Å². The van der Waals surface area contributed by atoms with E-state index in [2.05, 4.69) is 9.80 Å². The first-order valence-electron chi connectivity index (χ1n) is 8.03. The summed E-state index contributed by atoms with van der Waals surface area (Å²) >= 11 is 0. The molecule has 1 saturated heterocycles. The third kappa shape index (κ3) is 15.7. The minimum atomic E-state index is -0.801. The largest absolute Gasteiger partial charge is 0.480 e. The van der Waals surface area contributed by atoms with Crippen molar-refractivity contribution in [3.05, 3.63) is 0 Å². The Labute approximate surface area is 185 Å².